The summed E-state index contributed by atoms with van der Waals surface area (Å²) in [6.07, 6.45) is 1.59. The van der Waals surface area contributed by atoms with Crippen molar-refractivity contribution >= 4 is 34.5 Å². The molecule has 1 heterocycles. The number of carbonyl (C=O) groups excluding carboxylic acids is 2. The second kappa shape index (κ2) is 9.56. The lowest BCUT2D eigenvalue weighted by Gasteiger charge is -2.02. The summed E-state index contributed by atoms with van der Waals surface area (Å²) in [6, 6.07) is 14.4. The zero-order chi connectivity index (χ0) is 20.6. The van der Waals surface area contributed by atoms with E-state index in [2.05, 4.69) is 26.0 Å². The highest BCUT2D eigenvalue weighted by Crippen LogP contribution is 2.18. The molecule has 0 bridgehead atoms. The van der Waals surface area contributed by atoms with Gasteiger partial charge in [-0.2, -0.15) is 5.10 Å². The molecule has 148 valence electrons. The van der Waals surface area contributed by atoms with E-state index in [9.17, 15) is 9.59 Å². The number of methoxy groups -OCH3 is 1. The fraction of sp³-hybridized carbons (Fsp3) is 0.150. The quantitative estimate of drug-likeness (QED) is 0.461. The van der Waals surface area contributed by atoms with E-state index >= 15 is 0 Å². The maximum Gasteiger partial charge on any atom is 0.257 e. The Morgan fingerprint density at radius 2 is 1.97 bits per heavy atom. The van der Waals surface area contributed by atoms with Gasteiger partial charge in [-0.3, -0.25) is 14.9 Å². The predicted molar refractivity (Wildman–Crippen MR) is 111 cm³/mol. The topological polar surface area (TPSA) is 106 Å². The van der Waals surface area contributed by atoms with Crippen molar-refractivity contribution in [3.8, 4) is 5.75 Å². The molecular formula is C20H19N5O3S. The minimum Gasteiger partial charge on any atom is -0.497 e. The molecule has 0 atom stereocenters. The van der Waals surface area contributed by atoms with Gasteiger partial charge in [-0.25, -0.2) is 5.43 Å². The summed E-state index contributed by atoms with van der Waals surface area (Å²) in [5.74, 6) is 0.0245. The molecule has 3 rings (SSSR count). The molecule has 0 spiro atoms. The molecule has 0 aliphatic carbocycles. The molecule has 2 amide bonds. The summed E-state index contributed by atoms with van der Waals surface area (Å²) in [4.78, 5) is 24.2. The van der Waals surface area contributed by atoms with E-state index in [1.807, 2.05) is 31.2 Å². The smallest absolute Gasteiger partial charge is 0.257 e. The minimum absolute atomic E-state index is 0.0151. The number of nitrogens with zero attached hydrogens (tertiary/aromatic N) is 3. The third-order valence-electron chi connectivity index (χ3n) is 3.80. The van der Waals surface area contributed by atoms with Gasteiger partial charge in [-0.1, -0.05) is 41.2 Å². The molecule has 0 saturated carbocycles. The van der Waals surface area contributed by atoms with Crippen LogP contribution in [0.3, 0.4) is 0 Å². The van der Waals surface area contributed by atoms with Crippen molar-refractivity contribution in [2.75, 3.05) is 12.4 Å². The molecule has 2 N–H and O–H groups in total. The Kier molecular flexibility index (Phi) is 6.64. The van der Waals surface area contributed by atoms with Crippen LogP contribution in [0.4, 0.5) is 5.13 Å². The number of rotatable bonds is 7. The Morgan fingerprint density at radius 1 is 1.17 bits per heavy atom. The van der Waals surface area contributed by atoms with Crippen molar-refractivity contribution in [3.63, 3.8) is 0 Å². The number of ether oxygens (including phenoxy) is 1. The molecule has 0 aliphatic heterocycles. The van der Waals surface area contributed by atoms with Crippen molar-refractivity contribution in [2.24, 2.45) is 5.10 Å². The second-order valence-electron chi connectivity index (χ2n) is 6.07. The van der Waals surface area contributed by atoms with Crippen LogP contribution in [0.25, 0.3) is 0 Å². The monoisotopic (exact) mass is 409 g/mol. The normalized spacial score (nSPS) is 10.7. The summed E-state index contributed by atoms with van der Waals surface area (Å²) in [6.45, 7) is 1.98. The van der Waals surface area contributed by atoms with Crippen LogP contribution in [0.15, 0.2) is 53.6 Å². The van der Waals surface area contributed by atoms with Crippen LogP contribution in [0.2, 0.25) is 0 Å². The van der Waals surface area contributed by atoms with Crippen LogP contribution < -0.4 is 15.5 Å². The number of aromatic nitrogens is 2. The van der Waals surface area contributed by atoms with Crippen LogP contribution in [0.5, 0.6) is 5.75 Å². The fourth-order valence-corrected chi connectivity index (χ4v) is 3.13. The van der Waals surface area contributed by atoms with E-state index < -0.39 is 0 Å². The van der Waals surface area contributed by atoms with E-state index in [0.29, 0.717) is 21.5 Å². The summed E-state index contributed by atoms with van der Waals surface area (Å²) < 4.78 is 5.07. The SMILES string of the molecule is COc1ccc(C(=O)Nc2nnc(CC(=O)NN=Cc3cccc(C)c3)s2)cc1. The fourth-order valence-electron chi connectivity index (χ4n) is 2.39. The van der Waals surface area contributed by atoms with E-state index in [1.165, 1.54) is 0 Å². The van der Waals surface area contributed by atoms with Gasteiger partial charge in [0.2, 0.25) is 11.0 Å². The van der Waals surface area contributed by atoms with E-state index in [0.717, 1.165) is 22.5 Å². The van der Waals surface area contributed by atoms with Crippen molar-refractivity contribution < 1.29 is 14.3 Å². The number of hydrazone groups is 1. The molecule has 0 saturated heterocycles. The van der Waals surface area contributed by atoms with Gasteiger partial charge in [0.1, 0.15) is 10.8 Å². The largest absolute Gasteiger partial charge is 0.497 e. The van der Waals surface area contributed by atoms with Gasteiger partial charge in [0.25, 0.3) is 5.91 Å². The number of anilines is 1. The Morgan fingerprint density at radius 3 is 2.69 bits per heavy atom. The van der Waals surface area contributed by atoms with Crippen molar-refractivity contribution in [1.82, 2.24) is 15.6 Å². The molecule has 0 radical (unpaired) electrons. The molecule has 9 heteroatoms. The highest BCUT2D eigenvalue weighted by Gasteiger charge is 2.12. The standard InChI is InChI=1S/C20H19N5O3S/c1-13-4-3-5-14(10-13)12-21-23-17(26)11-18-24-25-20(29-18)22-19(27)15-6-8-16(28-2)9-7-15/h3-10,12H,11H2,1-2H3,(H,23,26)(H,22,25,27). The maximum atomic E-state index is 12.2. The Balaban J connectivity index is 1.51. The van der Waals surface area contributed by atoms with Crippen LogP contribution in [0.1, 0.15) is 26.5 Å². The maximum absolute atomic E-state index is 12.2. The van der Waals surface area contributed by atoms with E-state index in [-0.39, 0.29) is 18.2 Å². The van der Waals surface area contributed by atoms with Gasteiger partial charge in [0.05, 0.1) is 19.7 Å². The van der Waals surface area contributed by atoms with Gasteiger partial charge in [-0.05, 0) is 36.8 Å². The van der Waals surface area contributed by atoms with Crippen LogP contribution >= 0.6 is 11.3 Å². The molecule has 2 aromatic carbocycles. The highest BCUT2D eigenvalue weighted by molar-refractivity contribution is 7.15. The summed E-state index contributed by atoms with van der Waals surface area (Å²) in [5, 5.41) is 15.2. The summed E-state index contributed by atoms with van der Waals surface area (Å²) in [7, 11) is 1.56. The number of amides is 2. The number of hydrogen-bond donors (Lipinski definition) is 2. The highest BCUT2D eigenvalue weighted by atomic mass is 32.1. The Labute approximate surface area is 171 Å². The number of benzene rings is 2. The zero-order valence-electron chi connectivity index (χ0n) is 15.9. The van der Waals surface area contributed by atoms with Crippen molar-refractivity contribution in [3.05, 3.63) is 70.2 Å². The van der Waals surface area contributed by atoms with Crippen LogP contribution in [0, 0.1) is 6.92 Å². The first-order valence-corrected chi connectivity index (χ1v) is 9.51. The van der Waals surface area contributed by atoms with Gasteiger partial charge >= 0.3 is 0 Å². The minimum atomic E-state index is -0.321. The number of nitrogens with one attached hydrogen (secondary N) is 2. The average Bonchev–Trinajstić information content (AvgIpc) is 3.14. The van der Waals surface area contributed by atoms with Crippen molar-refractivity contribution in [1.29, 1.82) is 0 Å². The van der Waals surface area contributed by atoms with Gasteiger partial charge in [-0.15, -0.1) is 10.2 Å². The molecule has 3 aromatic rings. The molecule has 8 nitrogen and oxygen atoms in total. The first-order chi connectivity index (χ1) is 14.0. The molecule has 0 unspecified atom stereocenters. The lowest BCUT2D eigenvalue weighted by Crippen LogP contribution is -2.19. The van der Waals surface area contributed by atoms with Crippen LogP contribution in [-0.2, 0) is 11.2 Å². The predicted octanol–water partition coefficient (Wildman–Crippen LogP) is 2.80. The third-order valence-corrected chi connectivity index (χ3v) is 4.63. The zero-order valence-corrected chi connectivity index (χ0v) is 16.7. The number of carbonyl (C=O) groups is 2. The molecule has 1 aromatic heterocycles. The Hall–Kier alpha value is -3.59. The molecule has 0 fully saturated rings. The van der Waals surface area contributed by atoms with Crippen molar-refractivity contribution in [2.45, 2.75) is 13.3 Å². The van der Waals surface area contributed by atoms with Gasteiger partial charge < -0.3 is 4.74 Å². The van der Waals surface area contributed by atoms with Gasteiger partial charge in [0, 0.05) is 5.56 Å². The Bertz CT molecular complexity index is 1030. The number of aryl methyl sites for hydroxylation is 1. The second-order valence-corrected chi connectivity index (χ2v) is 7.13. The summed E-state index contributed by atoms with van der Waals surface area (Å²) >= 11 is 1.13. The summed E-state index contributed by atoms with van der Waals surface area (Å²) in [5.41, 5.74) is 4.92. The average molecular weight is 409 g/mol. The van der Waals surface area contributed by atoms with Gasteiger partial charge in [0.15, 0.2) is 0 Å². The van der Waals surface area contributed by atoms with E-state index in [4.69, 9.17) is 4.74 Å². The molecular weight excluding hydrogens is 390 g/mol. The first kappa shape index (κ1) is 20.2. The molecule has 0 aliphatic rings. The number of hydrogen-bond acceptors (Lipinski definition) is 7. The lowest BCUT2D eigenvalue weighted by atomic mass is 10.2. The first-order valence-electron chi connectivity index (χ1n) is 8.70. The molecule has 29 heavy (non-hydrogen) atoms. The van der Waals surface area contributed by atoms with Crippen LogP contribution in [-0.4, -0.2) is 35.3 Å². The lowest BCUT2D eigenvalue weighted by molar-refractivity contribution is -0.120. The van der Waals surface area contributed by atoms with E-state index in [1.54, 1.807) is 37.6 Å². The third kappa shape index (κ3) is 5.94.